The van der Waals surface area contributed by atoms with Gasteiger partial charge in [-0.2, -0.15) is 4.98 Å². The van der Waals surface area contributed by atoms with Gasteiger partial charge in [0, 0.05) is 6.20 Å². The van der Waals surface area contributed by atoms with Gasteiger partial charge < -0.3 is 5.32 Å². The summed E-state index contributed by atoms with van der Waals surface area (Å²) in [5, 5.41) is 3.03. The lowest BCUT2D eigenvalue weighted by Gasteiger charge is -2.09. The highest BCUT2D eigenvalue weighted by molar-refractivity contribution is 6.33. The highest BCUT2D eigenvalue weighted by atomic mass is 35.5. The summed E-state index contributed by atoms with van der Waals surface area (Å²) in [6, 6.07) is 5.98. The molecule has 0 aliphatic rings. The summed E-state index contributed by atoms with van der Waals surface area (Å²) in [5.41, 5.74) is 2.46. The van der Waals surface area contributed by atoms with Crippen LogP contribution in [0.15, 0.2) is 30.5 Å². The van der Waals surface area contributed by atoms with Gasteiger partial charge in [0.1, 0.15) is 11.6 Å². The summed E-state index contributed by atoms with van der Waals surface area (Å²) in [7, 11) is 0. The van der Waals surface area contributed by atoms with Gasteiger partial charge in [0.25, 0.3) is 0 Å². The number of benzene rings is 1. The van der Waals surface area contributed by atoms with Gasteiger partial charge in [-0.15, -0.1) is 0 Å². The van der Waals surface area contributed by atoms with Crippen LogP contribution in [0.1, 0.15) is 0 Å². The zero-order chi connectivity index (χ0) is 12.3. The number of halogens is 2. The van der Waals surface area contributed by atoms with E-state index in [-0.39, 0.29) is 16.7 Å². The minimum Gasteiger partial charge on any atom is -0.336 e. The van der Waals surface area contributed by atoms with Crippen molar-refractivity contribution >= 4 is 29.1 Å². The molecule has 0 saturated heterocycles. The van der Waals surface area contributed by atoms with Gasteiger partial charge in [-0.05, 0) is 18.2 Å². The number of rotatable bonds is 3. The lowest BCUT2D eigenvalue weighted by atomic mass is 10.3. The number of nitrogens with zero attached hydrogens (tertiary/aromatic N) is 2. The smallest absolute Gasteiger partial charge is 0.239 e. The summed E-state index contributed by atoms with van der Waals surface area (Å²) < 4.78 is 13.5. The Morgan fingerprint density at radius 3 is 2.82 bits per heavy atom. The van der Waals surface area contributed by atoms with Gasteiger partial charge in [0.2, 0.25) is 5.95 Å². The normalized spacial score (nSPS) is 10.1. The van der Waals surface area contributed by atoms with Crippen LogP contribution < -0.4 is 16.6 Å². The first-order valence-corrected chi connectivity index (χ1v) is 5.09. The lowest BCUT2D eigenvalue weighted by molar-refractivity contribution is 0.632. The number of anilines is 3. The van der Waals surface area contributed by atoms with Crippen LogP contribution in [0.25, 0.3) is 0 Å². The molecule has 0 spiro atoms. The fourth-order valence-corrected chi connectivity index (χ4v) is 1.45. The number of hydrogen-bond acceptors (Lipinski definition) is 5. The third-order valence-electron chi connectivity index (χ3n) is 2.00. The van der Waals surface area contributed by atoms with Crippen LogP contribution in [-0.4, -0.2) is 9.97 Å². The Kier molecular flexibility index (Phi) is 3.36. The Balaban J connectivity index is 2.31. The quantitative estimate of drug-likeness (QED) is 0.578. The molecule has 88 valence electrons. The fourth-order valence-electron chi connectivity index (χ4n) is 1.24. The number of nitrogens with two attached hydrogens (primary N) is 1. The second kappa shape index (κ2) is 4.94. The van der Waals surface area contributed by atoms with E-state index in [1.807, 2.05) is 0 Å². The highest BCUT2D eigenvalue weighted by Crippen LogP contribution is 2.27. The maximum absolute atomic E-state index is 13.5. The van der Waals surface area contributed by atoms with E-state index in [0.29, 0.717) is 5.82 Å². The van der Waals surface area contributed by atoms with Crippen molar-refractivity contribution in [3.8, 4) is 0 Å². The number of hydrazine groups is 1. The minimum atomic E-state index is -0.460. The van der Waals surface area contributed by atoms with Crippen LogP contribution in [0.5, 0.6) is 0 Å². The van der Waals surface area contributed by atoms with E-state index in [2.05, 4.69) is 20.7 Å². The Morgan fingerprint density at radius 2 is 2.12 bits per heavy atom. The summed E-state index contributed by atoms with van der Waals surface area (Å²) >= 11 is 5.87. The van der Waals surface area contributed by atoms with Gasteiger partial charge in [-0.1, -0.05) is 17.7 Å². The zero-order valence-electron chi connectivity index (χ0n) is 8.61. The summed E-state index contributed by atoms with van der Waals surface area (Å²) in [6.45, 7) is 0. The zero-order valence-corrected chi connectivity index (χ0v) is 9.37. The first-order valence-electron chi connectivity index (χ1n) is 4.71. The molecule has 2 aromatic rings. The number of para-hydroxylation sites is 1. The Hall–Kier alpha value is -1.92. The molecule has 0 unspecified atom stereocenters. The average molecular weight is 254 g/mol. The molecule has 1 aromatic carbocycles. The van der Waals surface area contributed by atoms with Gasteiger partial charge in [0.15, 0.2) is 0 Å². The molecule has 1 aromatic heterocycles. The molecule has 0 atom stereocenters. The van der Waals surface area contributed by atoms with E-state index in [1.54, 1.807) is 12.1 Å². The molecule has 2 rings (SSSR count). The van der Waals surface area contributed by atoms with E-state index in [4.69, 9.17) is 17.4 Å². The van der Waals surface area contributed by atoms with Crippen molar-refractivity contribution in [3.63, 3.8) is 0 Å². The number of nitrogen functional groups attached to an aromatic ring is 1. The summed E-state index contributed by atoms with van der Waals surface area (Å²) in [5.74, 6) is 5.32. The lowest BCUT2D eigenvalue weighted by Crippen LogP contribution is -2.11. The van der Waals surface area contributed by atoms with Gasteiger partial charge >= 0.3 is 0 Å². The molecular formula is C10H9ClFN5. The van der Waals surface area contributed by atoms with Crippen LogP contribution in [0.3, 0.4) is 0 Å². The maximum atomic E-state index is 13.5. The first-order chi connectivity index (χ1) is 8.20. The molecule has 5 nitrogen and oxygen atoms in total. The monoisotopic (exact) mass is 253 g/mol. The highest BCUT2D eigenvalue weighted by Gasteiger charge is 2.07. The second-order valence-corrected chi connectivity index (χ2v) is 3.54. The van der Waals surface area contributed by atoms with E-state index in [0.717, 1.165) is 0 Å². The average Bonchev–Trinajstić information content (AvgIpc) is 2.34. The topological polar surface area (TPSA) is 75.9 Å². The molecule has 7 heteroatoms. The van der Waals surface area contributed by atoms with Crippen molar-refractivity contribution in [2.75, 3.05) is 10.7 Å². The molecule has 1 heterocycles. The summed E-state index contributed by atoms with van der Waals surface area (Å²) in [6.07, 6.45) is 1.49. The van der Waals surface area contributed by atoms with Crippen LogP contribution in [0, 0.1) is 5.82 Å². The second-order valence-electron chi connectivity index (χ2n) is 3.13. The minimum absolute atomic E-state index is 0.163. The van der Waals surface area contributed by atoms with Crippen LogP contribution in [-0.2, 0) is 0 Å². The molecule has 4 N–H and O–H groups in total. The Morgan fingerprint density at radius 1 is 1.29 bits per heavy atom. The van der Waals surface area contributed by atoms with Crippen LogP contribution in [0.4, 0.5) is 21.8 Å². The number of nitrogens with one attached hydrogen (secondary N) is 2. The third-order valence-corrected chi connectivity index (χ3v) is 2.32. The SMILES string of the molecule is NNc1nccc(Nc2c(F)cccc2Cl)n1. The van der Waals surface area contributed by atoms with Crippen molar-refractivity contribution in [1.29, 1.82) is 0 Å². The Labute approximate surface area is 102 Å². The molecule has 0 fully saturated rings. The summed E-state index contributed by atoms with van der Waals surface area (Å²) in [4.78, 5) is 7.82. The molecule has 17 heavy (non-hydrogen) atoms. The fraction of sp³-hybridized carbons (Fsp3) is 0. The number of aromatic nitrogens is 2. The third kappa shape index (κ3) is 2.61. The molecule has 0 bridgehead atoms. The van der Waals surface area contributed by atoms with Crippen molar-refractivity contribution < 1.29 is 4.39 Å². The van der Waals surface area contributed by atoms with E-state index in [9.17, 15) is 4.39 Å². The van der Waals surface area contributed by atoms with Gasteiger partial charge in [0.05, 0.1) is 10.7 Å². The maximum Gasteiger partial charge on any atom is 0.239 e. The van der Waals surface area contributed by atoms with Crippen molar-refractivity contribution in [3.05, 3.63) is 41.3 Å². The largest absolute Gasteiger partial charge is 0.336 e. The van der Waals surface area contributed by atoms with Crippen molar-refractivity contribution in [2.45, 2.75) is 0 Å². The van der Waals surface area contributed by atoms with Crippen LogP contribution in [0.2, 0.25) is 5.02 Å². The standard InChI is InChI=1S/C10H9ClFN5/c11-6-2-1-3-7(12)9(6)15-8-4-5-14-10(16-8)17-13/h1-5H,13H2,(H2,14,15,16,17). The van der Waals surface area contributed by atoms with E-state index in [1.165, 1.54) is 18.3 Å². The van der Waals surface area contributed by atoms with E-state index >= 15 is 0 Å². The molecule has 0 amide bonds. The number of hydrogen-bond donors (Lipinski definition) is 3. The van der Waals surface area contributed by atoms with Gasteiger partial charge in [-0.25, -0.2) is 15.2 Å². The molecule has 0 aliphatic carbocycles. The molecule has 0 saturated carbocycles. The first kappa shape index (κ1) is 11.6. The Bertz CT molecular complexity index is 514. The van der Waals surface area contributed by atoms with Gasteiger partial charge in [-0.3, -0.25) is 5.43 Å². The predicted molar refractivity (Wildman–Crippen MR) is 64.5 cm³/mol. The van der Waals surface area contributed by atoms with Crippen molar-refractivity contribution in [1.82, 2.24) is 9.97 Å². The van der Waals surface area contributed by atoms with Crippen LogP contribution >= 0.6 is 11.6 Å². The van der Waals surface area contributed by atoms with E-state index < -0.39 is 5.82 Å². The predicted octanol–water partition coefficient (Wildman–Crippen LogP) is 2.30. The molecule has 0 radical (unpaired) electrons. The molecular weight excluding hydrogens is 245 g/mol. The van der Waals surface area contributed by atoms with Crippen molar-refractivity contribution in [2.24, 2.45) is 5.84 Å². The molecule has 0 aliphatic heterocycles.